The van der Waals surface area contributed by atoms with E-state index in [0.29, 0.717) is 13.1 Å². The minimum atomic E-state index is -0.460. The van der Waals surface area contributed by atoms with E-state index in [4.69, 9.17) is 4.74 Å². The van der Waals surface area contributed by atoms with E-state index in [-0.39, 0.29) is 12.1 Å². The van der Waals surface area contributed by atoms with Crippen LogP contribution in [-0.4, -0.2) is 83.2 Å². The monoisotopic (exact) mass is 420 g/mol. The van der Waals surface area contributed by atoms with Crippen LogP contribution in [0.25, 0.3) is 0 Å². The van der Waals surface area contributed by atoms with E-state index in [2.05, 4.69) is 22.3 Å². The number of carbonyl (C=O) groups is 2. The van der Waals surface area contributed by atoms with Gasteiger partial charge in [0.05, 0.1) is 0 Å². The predicted octanol–water partition coefficient (Wildman–Crippen LogP) is 3.32. The lowest BCUT2D eigenvalue weighted by Gasteiger charge is -2.35. The molecule has 2 aliphatic heterocycles. The summed E-state index contributed by atoms with van der Waals surface area (Å²) < 4.78 is 5.45. The molecule has 0 spiro atoms. The number of hydrogen-bond acceptors (Lipinski definition) is 5. The first-order valence-electron chi connectivity index (χ1n) is 10.2. The smallest absolute Gasteiger partial charge is 0.410 e. The average molecular weight is 421 g/mol. The Balaban J connectivity index is 1.43. The van der Waals surface area contributed by atoms with Crippen LogP contribution in [0, 0.1) is 0 Å². The van der Waals surface area contributed by atoms with Crippen molar-refractivity contribution in [3.05, 3.63) is 29.8 Å². The first kappa shape index (κ1) is 21.8. The molecule has 2 fully saturated rings. The predicted molar refractivity (Wildman–Crippen MR) is 117 cm³/mol. The Morgan fingerprint density at radius 1 is 0.966 bits per heavy atom. The maximum absolute atomic E-state index is 12.3. The summed E-state index contributed by atoms with van der Waals surface area (Å²) in [6, 6.07) is 8.02. The van der Waals surface area contributed by atoms with Crippen LogP contribution in [0.5, 0.6) is 0 Å². The summed E-state index contributed by atoms with van der Waals surface area (Å²) in [7, 11) is 0. The number of piperazine rings is 1. The van der Waals surface area contributed by atoms with E-state index >= 15 is 0 Å². The molecule has 7 nitrogen and oxygen atoms in total. The molecule has 1 aromatic carbocycles. The number of thioether (sulfide) groups is 1. The molecule has 0 atom stereocenters. The Bertz CT molecular complexity index is 691. The van der Waals surface area contributed by atoms with Gasteiger partial charge in [0, 0.05) is 63.0 Å². The molecule has 0 radical (unpaired) electrons. The lowest BCUT2D eigenvalue weighted by atomic mass is 10.2. The Kier molecular flexibility index (Phi) is 7.29. The Hall–Kier alpha value is -1.93. The van der Waals surface area contributed by atoms with Gasteiger partial charge in [-0.05, 0) is 38.5 Å². The number of ether oxygens (including phenoxy) is 1. The van der Waals surface area contributed by atoms with Crippen LogP contribution < -0.4 is 5.32 Å². The average Bonchev–Trinajstić information content (AvgIpc) is 2.69. The zero-order valence-electron chi connectivity index (χ0n) is 17.6. The summed E-state index contributed by atoms with van der Waals surface area (Å²) >= 11 is 1.89. The molecular weight excluding hydrogens is 388 g/mol. The normalized spacial score (nSPS) is 18.4. The number of anilines is 1. The van der Waals surface area contributed by atoms with Crippen molar-refractivity contribution < 1.29 is 14.3 Å². The maximum Gasteiger partial charge on any atom is 0.410 e. The number of carbonyl (C=O) groups excluding carboxylic acids is 2. The third-order valence-corrected chi connectivity index (χ3v) is 5.88. The molecule has 2 aliphatic rings. The van der Waals surface area contributed by atoms with Gasteiger partial charge in [0.25, 0.3) is 0 Å². The number of rotatable bonds is 3. The van der Waals surface area contributed by atoms with Crippen LogP contribution in [0.1, 0.15) is 26.3 Å². The van der Waals surface area contributed by atoms with Gasteiger partial charge < -0.3 is 19.9 Å². The van der Waals surface area contributed by atoms with Gasteiger partial charge in [-0.25, -0.2) is 9.59 Å². The lowest BCUT2D eigenvalue weighted by molar-refractivity contribution is 0.0139. The van der Waals surface area contributed by atoms with Crippen molar-refractivity contribution >= 4 is 29.6 Å². The number of amides is 3. The summed E-state index contributed by atoms with van der Waals surface area (Å²) in [4.78, 5) is 30.4. The SMILES string of the molecule is CC(C)(C)OC(=O)N1CCN(Cc2ccc(NC(=O)N3CCSCC3)cc2)CC1. The molecule has 1 aromatic rings. The highest BCUT2D eigenvalue weighted by Gasteiger charge is 2.25. The summed E-state index contributed by atoms with van der Waals surface area (Å²) in [6.07, 6.45) is -0.232. The largest absolute Gasteiger partial charge is 0.444 e. The minimum absolute atomic E-state index is 0.0173. The highest BCUT2D eigenvalue weighted by Crippen LogP contribution is 2.16. The van der Waals surface area contributed by atoms with E-state index in [1.807, 2.05) is 49.6 Å². The first-order chi connectivity index (χ1) is 13.8. The molecular formula is C21H32N4O3S. The van der Waals surface area contributed by atoms with Crippen LogP contribution in [0.2, 0.25) is 0 Å². The topological polar surface area (TPSA) is 65.1 Å². The summed E-state index contributed by atoms with van der Waals surface area (Å²) in [5.74, 6) is 2.01. The van der Waals surface area contributed by atoms with E-state index in [0.717, 1.165) is 49.9 Å². The van der Waals surface area contributed by atoms with Gasteiger partial charge in [-0.3, -0.25) is 4.90 Å². The number of nitrogens with one attached hydrogen (secondary N) is 1. The fourth-order valence-electron chi connectivity index (χ4n) is 3.34. The van der Waals surface area contributed by atoms with Crippen LogP contribution in [0.15, 0.2) is 24.3 Å². The quantitative estimate of drug-likeness (QED) is 0.813. The zero-order chi connectivity index (χ0) is 20.9. The number of hydrogen-bond donors (Lipinski definition) is 1. The molecule has 29 heavy (non-hydrogen) atoms. The highest BCUT2D eigenvalue weighted by molar-refractivity contribution is 7.99. The molecule has 0 saturated carbocycles. The molecule has 2 saturated heterocycles. The highest BCUT2D eigenvalue weighted by atomic mass is 32.2. The third-order valence-electron chi connectivity index (χ3n) is 4.93. The Morgan fingerprint density at radius 3 is 2.17 bits per heavy atom. The van der Waals surface area contributed by atoms with Crippen molar-refractivity contribution in [2.75, 3.05) is 56.1 Å². The summed E-state index contributed by atoms with van der Waals surface area (Å²) in [5, 5.41) is 2.99. The molecule has 0 bridgehead atoms. The van der Waals surface area contributed by atoms with Gasteiger partial charge >= 0.3 is 12.1 Å². The lowest BCUT2D eigenvalue weighted by Crippen LogP contribution is -2.49. The maximum atomic E-state index is 12.3. The van der Waals surface area contributed by atoms with E-state index in [1.54, 1.807) is 4.90 Å². The number of benzene rings is 1. The van der Waals surface area contributed by atoms with Gasteiger partial charge in [0.2, 0.25) is 0 Å². The van der Waals surface area contributed by atoms with E-state index in [9.17, 15) is 9.59 Å². The first-order valence-corrected chi connectivity index (χ1v) is 11.4. The number of nitrogens with zero attached hydrogens (tertiary/aromatic N) is 3. The second-order valence-corrected chi connectivity index (χ2v) is 9.69. The van der Waals surface area contributed by atoms with Crippen molar-refractivity contribution in [1.29, 1.82) is 0 Å². The van der Waals surface area contributed by atoms with Gasteiger partial charge in [0.1, 0.15) is 5.60 Å². The zero-order valence-corrected chi connectivity index (χ0v) is 18.5. The van der Waals surface area contributed by atoms with E-state index in [1.165, 1.54) is 5.56 Å². The van der Waals surface area contributed by atoms with Crippen molar-refractivity contribution in [2.45, 2.75) is 32.9 Å². The van der Waals surface area contributed by atoms with E-state index < -0.39 is 5.60 Å². The summed E-state index contributed by atoms with van der Waals surface area (Å²) in [5.41, 5.74) is 1.56. The summed E-state index contributed by atoms with van der Waals surface area (Å²) in [6.45, 7) is 11.1. The molecule has 8 heteroatoms. The molecule has 0 unspecified atom stereocenters. The van der Waals surface area contributed by atoms with Crippen molar-refractivity contribution in [3.8, 4) is 0 Å². The minimum Gasteiger partial charge on any atom is -0.444 e. The number of urea groups is 1. The van der Waals surface area contributed by atoms with Gasteiger partial charge in [-0.1, -0.05) is 12.1 Å². The molecule has 1 N–H and O–H groups in total. The molecule has 3 amide bonds. The van der Waals surface area contributed by atoms with Crippen molar-refractivity contribution in [2.24, 2.45) is 0 Å². The standard InChI is InChI=1S/C21H32N4O3S/c1-21(2,3)28-20(27)25-10-8-23(9-11-25)16-17-4-6-18(7-5-17)22-19(26)24-12-14-29-15-13-24/h4-7H,8-16H2,1-3H3,(H,22,26). The second kappa shape index (κ2) is 9.71. The van der Waals surface area contributed by atoms with Crippen LogP contribution >= 0.6 is 11.8 Å². The van der Waals surface area contributed by atoms with Crippen molar-refractivity contribution in [1.82, 2.24) is 14.7 Å². The van der Waals surface area contributed by atoms with Crippen molar-refractivity contribution in [3.63, 3.8) is 0 Å². The molecule has 0 aromatic heterocycles. The van der Waals surface area contributed by atoms with Gasteiger partial charge in [0.15, 0.2) is 0 Å². The van der Waals surface area contributed by atoms with Crippen LogP contribution in [0.4, 0.5) is 15.3 Å². The Morgan fingerprint density at radius 2 is 1.59 bits per heavy atom. The van der Waals surface area contributed by atoms with Gasteiger partial charge in [-0.15, -0.1) is 0 Å². The fourth-order valence-corrected chi connectivity index (χ4v) is 4.24. The third kappa shape index (κ3) is 6.82. The fraction of sp³-hybridized carbons (Fsp3) is 0.619. The second-order valence-electron chi connectivity index (χ2n) is 8.47. The van der Waals surface area contributed by atoms with Crippen LogP contribution in [0.3, 0.4) is 0 Å². The van der Waals surface area contributed by atoms with Gasteiger partial charge in [-0.2, -0.15) is 11.8 Å². The molecule has 3 rings (SSSR count). The molecule has 2 heterocycles. The molecule has 0 aliphatic carbocycles. The molecule has 160 valence electrons. The van der Waals surface area contributed by atoms with Crippen LogP contribution in [-0.2, 0) is 11.3 Å². The Labute approximate surface area is 177 Å².